The molecule has 9 heteroatoms. The molecule has 0 aliphatic carbocycles. The standard InChI is InChI=1S/C24H25N3O6/c1-32-15-7-9-16(10-8-15)33-13-3-6-21(28)25-19-5-2-4-17-18(19)14-27(24(17)31)20-11-12-22(29)26-23(20)30/h2,4-5,7-10,20H,3,6,11-14H2,1H3,(H,25,28)(H,26,29,30). The summed E-state index contributed by atoms with van der Waals surface area (Å²) in [4.78, 5) is 50.5. The molecule has 1 unspecified atom stereocenters. The topological polar surface area (TPSA) is 114 Å². The van der Waals surface area contributed by atoms with E-state index >= 15 is 0 Å². The van der Waals surface area contributed by atoms with Crippen molar-refractivity contribution in [2.24, 2.45) is 0 Å². The molecular weight excluding hydrogens is 426 g/mol. The van der Waals surface area contributed by atoms with Crippen molar-refractivity contribution < 1.29 is 28.7 Å². The number of amides is 4. The molecule has 2 N–H and O–H groups in total. The first-order valence-electron chi connectivity index (χ1n) is 10.8. The largest absolute Gasteiger partial charge is 0.497 e. The van der Waals surface area contributed by atoms with Gasteiger partial charge in [0.1, 0.15) is 17.5 Å². The lowest BCUT2D eigenvalue weighted by atomic mass is 10.0. The second-order valence-corrected chi connectivity index (χ2v) is 7.91. The van der Waals surface area contributed by atoms with Gasteiger partial charge in [0, 0.05) is 36.2 Å². The van der Waals surface area contributed by atoms with E-state index < -0.39 is 11.9 Å². The van der Waals surface area contributed by atoms with Gasteiger partial charge in [0.2, 0.25) is 17.7 Å². The number of carbonyl (C=O) groups excluding carboxylic acids is 4. The van der Waals surface area contributed by atoms with E-state index in [1.807, 2.05) is 0 Å². The summed E-state index contributed by atoms with van der Waals surface area (Å²) >= 11 is 0. The van der Waals surface area contributed by atoms with E-state index in [2.05, 4.69) is 10.6 Å². The third-order valence-electron chi connectivity index (χ3n) is 5.73. The van der Waals surface area contributed by atoms with Crippen LogP contribution in [0.1, 0.15) is 41.6 Å². The van der Waals surface area contributed by atoms with Gasteiger partial charge >= 0.3 is 0 Å². The number of rotatable bonds is 8. The molecule has 2 aliphatic rings. The summed E-state index contributed by atoms with van der Waals surface area (Å²) in [6.45, 7) is 0.589. The molecule has 4 amide bonds. The van der Waals surface area contributed by atoms with E-state index in [0.29, 0.717) is 42.0 Å². The third kappa shape index (κ3) is 4.97. The number of nitrogens with zero attached hydrogens (tertiary/aromatic N) is 1. The second kappa shape index (κ2) is 9.72. The lowest BCUT2D eigenvalue weighted by Gasteiger charge is -2.29. The first-order chi connectivity index (χ1) is 16.0. The minimum atomic E-state index is -0.693. The molecule has 1 atom stereocenters. The Kier molecular flexibility index (Phi) is 6.58. The number of methoxy groups -OCH3 is 1. The number of fused-ring (bicyclic) bond motifs is 1. The molecule has 0 radical (unpaired) electrons. The van der Waals surface area contributed by atoms with Gasteiger partial charge < -0.3 is 19.7 Å². The van der Waals surface area contributed by atoms with Crippen molar-refractivity contribution in [2.45, 2.75) is 38.3 Å². The van der Waals surface area contributed by atoms with E-state index in [-0.39, 0.29) is 37.1 Å². The highest BCUT2D eigenvalue weighted by molar-refractivity contribution is 6.06. The summed E-state index contributed by atoms with van der Waals surface area (Å²) in [5.74, 6) is 0.187. The molecule has 0 spiro atoms. The van der Waals surface area contributed by atoms with Crippen LogP contribution in [0.3, 0.4) is 0 Å². The fourth-order valence-corrected chi connectivity index (χ4v) is 4.01. The van der Waals surface area contributed by atoms with Gasteiger partial charge in [0.05, 0.1) is 13.7 Å². The zero-order valence-electron chi connectivity index (χ0n) is 18.3. The van der Waals surface area contributed by atoms with E-state index in [1.165, 1.54) is 4.90 Å². The number of carbonyl (C=O) groups is 4. The Morgan fingerprint density at radius 3 is 2.61 bits per heavy atom. The summed E-state index contributed by atoms with van der Waals surface area (Å²) in [5, 5.41) is 5.16. The molecule has 172 valence electrons. The number of benzene rings is 2. The smallest absolute Gasteiger partial charge is 0.255 e. The van der Waals surface area contributed by atoms with Gasteiger partial charge in [0.15, 0.2) is 0 Å². The van der Waals surface area contributed by atoms with Crippen molar-refractivity contribution in [1.29, 1.82) is 0 Å². The van der Waals surface area contributed by atoms with Crippen LogP contribution in [0.4, 0.5) is 5.69 Å². The van der Waals surface area contributed by atoms with Crippen molar-refractivity contribution in [1.82, 2.24) is 10.2 Å². The summed E-state index contributed by atoms with van der Waals surface area (Å²) in [6.07, 6.45) is 1.26. The van der Waals surface area contributed by atoms with E-state index in [1.54, 1.807) is 49.6 Å². The average molecular weight is 451 g/mol. The van der Waals surface area contributed by atoms with Crippen LogP contribution >= 0.6 is 0 Å². The Morgan fingerprint density at radius 2 is 1.88 bits per heavy atom. The van der Waals surface area contributed by atoms with Crippen LogP contribution in [-0.4, -0.2) is 48.3 Å². The van der Waals surface area contributed by atoms with E-state index in [4.69, 9.17) is 9.47 Å². The Labute approximate surface area is 191 Å². The molecule has 1 fully saturated rings. The van der Waals surface area contributed by atoms with Crippen LogP contribution in [0.25, 0.3) is 0 Å². The zero-order chi connectivity index (χ0) is 23.4. The summed E-state index contributed by atoms with van der Waals surface area (Å²) in [5.41, 5.74) is 1.69. The highest BCUT2D eigenvalue weighted by Gasteiger charge is 2.39. The number of hydrogen-bond acceptors (Lipinski definition) is 6. The Bertz CT molecular complexity index is 1080. The molecule has 1 saturated heterocycles. The van der Waals surface area contributed by atoms with Crippen LogP contribution in [0.15, 0.2) is 42.5 Å². The minimum Gasteiger partial charge on any atom is -0.497 e. The van der Waals surface area contributed by atoms with Crippen molar-refractivity contribution in [3.8, 4) is 11.5 Å². The predicted molar refractivity (Wildman–Crippen MR) is 119 cm³/mol. The highest BCUT2D eigenvalue weighted by Crippen LogP contribution is 2.32. The molecule has 0 saturated carbocycles. The highest BCUT2D eigenvalue weighted by atomic mass is 16.5. The van der Waals surface area contributed by atoms with Crippen LogP contribution in [0.2, 0.25) is 0 Å². The van der Waals surface area contributed by atoms with Crippen molar-refractivity contribution >= 4 is 29.3 Å². The maximum Gasteiger partial charge on any atom is 0.255 e. The van der Waals surface area contributed by atoms with Gasteiger partial charge in [-0.1, -0.05) is 6.07 Å². The third-order valence-corrected chi connectivity index (χ3v) is 5.73. The number of anilines is 1. The van der Waals surface area contributed by atoms with Gasteiger partial charge in [-0.2, -0.15) is 0 Å². The van der Waals surface area contributed by atoms with E-state index in [0.717, 1.165) is 5.75 Å². The maximum absolute atomic E-state index is 12.9. The Morgan fingerprint density at radius 1 is 1.12 bits per heavy atom. The zero-order valence-corrected chi connectivity index (χ0v) is 18.3. The fraction of sp³-hybridized carbons (Fsp3) is 0.333. The van der Waals surface area contributed by atoms with Gasteiger partial charge in [0.25, 0.3) is 5.91 Å². The minimum absolute atomic E-state index is 0.186. The SMILES string of the molecule is COc1ccc(OCCCC(=O)Nc2cccc3c2CN(C2CCC(=O)NC2=O)C3=O)cc1. The molecule has 2 aromatic carbocycles. The number of nitrogens with one attached hydrogen (secondary N) is 2. The molecule has 9 nitrogen and oxygen atoms in total. The number of ether oxygens (including phenoxy) is 2. The van der Waals surface area contributed by atoms with E-state index in [9.17, 15) is 19.2 Å². The lowest BCUT2D eigenvalue weighted by molar-refractivity contribution is -0.137. The normalized spacial score (nSPS) is 17.4. The molecule has 2 aromatic rings. The van der Waals surface area contributed by atoms with Gasteiger partial charge in [-0.3, -0.25) is 24.5 Å². The Hall–Kier alpha value is -3.88. The molecule has 33 heavy (non-hydrogen) atoms. The predicted octanol–water partition coefficient (Wildman–Crippen LogP) is 2.25. The average Bonchev–Trinajstić information content (AvgIpc) is 3.14. The number of hydrogen-bond donors (Lipinski definition) is 2. The monoisotopic (exact) mass is 451 g/mol. The van der Waals surface area contributed by atoms with Crippen molar-refractivity contribution in [3.05, 3.63) is 53.6 Å². The van der Waals surface area contributed by atoms with Gasteiger partial charge in [-0.05, 0) is 49.2 Å². The second-order valence-electron chi connectivity index (χ2n) is 7.91. The van der Waals surface area contributed by atoms with Crippen molar-refractivity contribution in [2.75, 3.05) is 19.0 Å². The van der Waals surface area contributed by atoms with Gasteiger partial charge in [-0.15, -0.1) is 0 Å². The lowest BCUT2D eigenvalue weighted by Crippen LogP contribution is -2.52. The van der Waals surface area contributed by atoms with Crippen molar-refractivity contribution in [3.63, 3.8) is 0 Å². The molecule has 2 heterocycles. The van der Waals surface area contributed by atoms with Gasteiger partial charge in [-0.25, -0.2) is 0 Å². The molecule has 0 bridgehead atoms. The molecule has 4 rings (SSSR count). The summed E-state index contributed by atoms with van der Waals surface area (Å²) in [7, 11) is 1.60. The number of imide groups is 1. The first kappa shape index (κ1) is 22.3. The molecular formula is C24H25N3O6. The van der Waals surface area contributed by atoms with Crippen LogP contribution in [0, 0.1) is 0 Å². The Balaban J connectivity index is 1.32. The first-order valence-corrected chi connectivity index (χ1v) is 10.8. The summed E-state index contributed by atoms with van der Waals surface area (Å²) in [6, 6.07) is 11.6. The maximum atomic E-state index is 12.9. The van der Waals surface area contributed by atoms with Crippen LogP contribution < -0.4 is 20.1 Å². The van der Waals surface area contributed by atoms with Crippen LogP contribution in [0.5, 0.6) is 11.5 Å². The quantitative estimate of drug-likeness (QED) is 0.470. The summed E-state index contributed by atoms with van der Waals surface area (Å²) < 4.78 is 10.8. The molecule has 0 aromatic heterocycles. The fourth-order valence-electron chi connectivity index (χ4n) is 4.01. The van der Waals surface area contributed by atoms with Crippen LogP contribution in [-0.2, 0) is 20.9 Å². The number of piperidine rings is 1. The molecule has 2 aliphatic heterocycles.